The minimum Gasteiger partial charge on any atom is -0.486 e. The lowest BCUT2D eigenvalue weighted by Crippen LogP contribution is -2.17. The monoisotopic (exact) mass is 505 g/mol. The lowest BCUT2D eigenvalue weighted by Gasteiger charge is -2.18. The van der Waals surface area contributed by atoms with Crippen LogP contribution in [0, 0.1) is 5.82 Å². The van der Waals surface area contributed by atoms with Crippen molar-refractivity contribution in [2.45, 2.75) is 19.1 Å². The van der Waals surface area contributed by atoms with E-state index >= 15 is 0 Å². The fourth-order valence-corrected chi connectivity index (χ4v) is 4.56. The molecule has 0 radical (unpaired) electrons. The third-order valence-electron chi connectivity index (χ3n) is 5.08. The lowest BCUT2D eigenvalue weighted by molar-refractivity contribution is 0.142. The van der Waals surface area contributed by atoms with Gasteiger partial charge < -0.3 is 20.1 Å². The van der Waals surface area contributed by atoms with E-state index in [1.807, 2.05) is 12.1 Å². The molecule has 0 amide bonds. The van der Waals surface area contributed by atoms with Gasteiger partial charge in [-0.15, -0.1) is 11.3 Å². The maximum Gasteiger partial charge on any atom is 0.183 e. The molecule has 1 unspecified atom stereocenters. The summed E-state index contributed by atoms with van der Waals surface area (Å²) in [7, 11) is 0. The van der Waals surface area contributed by atoms with Crippen LogP contribution in [0.25, 0.3) is 10.9 Å². The maximum absolute atomic E-state index is 13.6. The second kappa shape index (κ2) is 9.64. The molecule has 0 spiro atoms. The van der Waals surface area contributed by atoms with Crippen molar-refractivity contribution in [2.75, 3.05) is 23.8 Å². The topological polar surface area (TPSA) is 81.2 Å². The molecule has 1 saturated heterocycles. The van der Waals surface area contributed by atoms with Crippen molar-refractivity contribution in [3.8, 4) is 5.75 Å². The molecule has 2 N–H and O–H groups in total. The molecule has 170 valence electrons. The Morgan fingerprint density at radius 3 is 2.85 bits per heavy atom. The van der Waals surface area contributed by atoms with Crippen molar-refractivity contribution in [3.63, 3.8) is 0 Å². The largest absolute Gasteiger partial charge is 0.486 e. The molecular formula is C22H18Cl2FN5O2S. The van der Waals surface area contributed by atoms with Gasteiger partial charge in [0.2, 0.25) is 0 Å². The number of hydrogen-bond acceptors (Lipinski definition) is 8. The number of rotatable bonds is 7. The van der Waals surface area contributed by atoms with Gasteiger partial charge in [0.15, 0.2) is 4.47 Å². The van der Waals surface area contributed by atoms with E-state index < -0.39 is 5.82 Å². The molecule has 2 aromatic heterocycles. The van der Waals surface area contributed by atoms with E-state index in [0.29, 0.717) is 47.0 Å². The first kappa shape index (κ1) is 22.1. The molecule has 1 aliphatic heterocycles. The summed E-state index contributed by atoms with van der Waals surface area (Å²) in [4.78, 5) is 13.9. The number of anilines is 3. The second-order valence-corrected chi connectivity index (χ2v) is 9.48. The van der Waals surface area contributed by atoms with E-state index in [0.717, 1.165) is 22.4 Å². The summed E-state index contributed by atoms with van der Waals surface area (Å²) in [5.41, 5.74) is 2.08. The third kappa shape index (κ3) is 5.11. The Balaban J connectivity index is 1.50. The molecule has 5 rings (SSSR count). The molecule has 1 fully saturated rings. The normalized spacial score (nSPS) is 15.7. The van der Waals surface area contributed by atoms with Crippen molar-refractivity contribution < 1.29 is 13.9 Å². The molecule has 0 bridgehead atoms. The van der Waals surface area contributed by atoms with Crippen molar-refractivity contribution in [2.24, 2.45) is 0 Å². The van der Waals surface area contributed by atoms with Crippen LogP contribution >= 0.6 is 34.5 Å². The maximum atomic E-state index is 13.6. The van der Waals surface area contributed by atoms with Gasteiger partial charge in [-0.1, -0.05) is 23.2 Å². The van der Waals surface area contributed by atoms with Crippen molar-refractivity contribution in [1.29, 1.82) is 0 Å². The Morgan fingerprint density at radius 2 is 2.09 bits per heavy atom. The second-order valence-electron chi connectivity index (χ2n) is 7.38. The average molecular weight is 506 g/mol. The molecule has 1 atom stereocenters. The van der Waals surface area contributed by atoms with E-state index in [-0.39, 0.29) is 11.1 Å². The molecule has 33 heavy (non-hydrogen) atoms. The minimum absolute atomic E-state index is 0.0263. The summed E-state index contributed by atoms with van der Waals surface area (Å²) in [6.07, 6.45) is 4.00. The number of thiazole rings is 1. The summed E-state index contributed by atoms with van der Waals surface area (Å²) in [5.74, 6) is 0.743. The molecule has 4 aromatic rings. The van der Waals surface area contributed by atoms with Gasteiger partial charge in [0.1, 0.15) is 29.8 Å². The molecule has 3 heterocycles. The van der Waals surface area contributed by atoms with Gasteiger partial charge in [0.25, 0.3) is 0 Å². The van der Waals surface area contributed by atoms with Crippen LogP contribution in [-0.4, -0.2) is 34.3 Å². The van der Waals surface area contributed by atoms with E-state index in [4.69, 9.17) is 32.7 Å². The minimum atomic E-state index is -0.484. The number of nitrogens with one attached hydrogen (secondary N) is 2. The third-order valence-corrected chi connectivity index (χ3v) is 6.48. The van der Waals surface area contributed by atoms with Crippen LogP contribution in [0.3, 0.4) is 0 Å². The van der Waals surface area contributed by atoms with Crippen molar-refractivity contribution in [1.82, 2.24) is 15.0 Å². The highest BCUT2D eigenvalue weighted by atomic mass is 35.5. The quantitative estimate of drug-likeness (QED) is 0.316. The number of benzene rings is 2. The van der Waals surface area contributed by atoms with E-state index in [1.54, 1.807) is 12.3 Å². The number of aromatic nitrogens is 3. The summed E-state index contributed by atoms with van der Waals surface area (Å²) in [6.45, 7) is 1.75. The van der Waals surface area contributed by atoms with E-state index in [1.165, 1.54) is 29.8 Å². The van der Waals surface area contributed by atoms with Gasteiger partial charge in [0, 0.05) is 34.6 Å². The van der Waals surface area contributed by atoms with E-state index in [2.05, 4.69) is 25.6 Å². The number of hydrogen-bond donors (Lipinski definition) is 2. The van der Waals surface area contributed by atoms with Crippen LogP contribution in [0.5, 0.6) is 5.75 Å². The highest BCUT2D eigenvalue weighted by molar-refractivity contribution is 7.15. The van der Waals surface area contributed by atoms with E-state index in [9.17, 15) is 4.39 Å². The van der Waals surface area contributed by atoms with Crippen LogP contribution in [0.1, 0.15) is 11.3 Å². The number of nitrogens with zero attached hydrogens (tertiary/aromatic N) is 3. The molecule has 2 aromatic carbocycles. The predicted molar refractivity (Wildman–Crippen MR) is 129 cm³/mol. The van der Waals surface area contributed by atoms with Crippen LogP contribution in [0.15, 0.2) is 42.9 Å². The first-order valence-corrected chi connectivity index (χ1v) is 11.7. The van der Waals surface area contributed by atoms with Crippen LogP contribution in [0.4, 0.5) is 21.6 Å². The van der Waals surface area contributed by atoms with Crippen LogP contribution in [0.2, 0.25) is 9.49 Å². The zero-order valence-corrected chi connectivity index (χ0v) is 19.5. The SMILES string of the molecule is Fc1ccc(Nc2ncnc3cc(OC4CCOC4)c(NCc4cnc(Cl)s4)cc23)cc1Cl. The summed E-state index contributed by atoms with van der Waals surface area (Å²) in [5, 5.41) is 7.39. The van der Waals surface area contributed by atoms with Crippen molar-refractivity contribution in [3.05, 3.63) is 63.0 Å². The van der Waals surface area contributed by atoms with Gasteiger partial charge in [-0.3, -0.25) is 0 Å². The highest BCUT2D eigenvalue weighted by Gasteiger charge is 2.20. The fraction of sp³-hybridized carbons (Fsp3) is 0.227. The van der Waals surface area contributed by atoms with Gasteiger partial charge in [0.05, 0.1) is 36.0 Å². The smallest absolute Gasteiger partial charge is 0.183 e. The first-order valence-electron chi connectivity index (χ1n) is 10.1. The Kier molecular flexibility index (Phi) is 6.45. The molecule has 11 heteroatoms. The van der Waals surface area contributed by atoms with Gasteiger partial charge >= 0.3 is 0 Å². The molecule has 7 nitrogen and oxygen atoms in total. The number of fused-ring (bicyclic) bond motifs is 1. The zero-order valence-electron chi connectivity index (χ0n) is 17.1. The number of ether oxygens (including phenoxy) is 2. The molecule has 0 aliphatic carbocycles. The fourth-order valence-electron chi connectivity index (χ4n) is 3.46. The van der Waals surface area contributed by atoms with Crippen LogP contribution in [-0.2, 0) is 11.3 Å². The predicted octanol–water partition coefficient (Wildman–Crippen LogP) is 6.06. The standard InChI is InChI=1S/C22H18Cl2FN5O2S/c23-16-5-12(1-2-17(16)25)30-21-15-6-19(26-8-14-9-27-22(24)33-14)20(7-18(15)28-11-29-21)32-13-3-4-31-10-13/h1-2,5-7,9,11,13,26H,3-4,8,10H2,(H,28,29,30). The van der Waals surface area contributed by atoms with Gasteiger partial charge in [-0.25, -0.2) is 19.3 Å². The van der Waals surface area contributed by atoms with Gasteiger partial charge in [-0.05, 0) is 24.3 Å². The zero-order chi connectivity index (χ0) is 22.8. The molecule has 0 saturated carbocycles. The molecule has 1 aliphatic rings. The Hall–Kier alpha value is -2.72. The summed E-state index contributed by atoms with van der Waals surface area (Å²) >= 11 is 13.3. The van der Waals surface area contributed by atoms with Gasteiger partial charge in [-0.2, -0.15) is 0 Å². The Morgan fingerprint density at radius 1 is 1.18 bits per heavy atom. The number of halogens is 3. The average Bonchev–Trinajstić information content (AvgIpc) is 3.47. The molecular weight excluding hydrogens is 488 g/mol. The highest BCUT2D eigenvalue weighted by Crippen LogP contribution is 2.35. The lowest BCUT2D eigenvalue weighted by atomic mass is 10.1. The summed E-state index contributed by atoms with van der Waals surface area (Å²) < 4.78 is 25.7. The Labute approximate surface area is 202 Å². The van der Waals surface area contributed by atoms with Crippen LogP contribution < -0.4 is 15.4 Å². The first-order chi connectivity index (χ1) is 16.0. The summed E-state index contributed by atoms with van der Waals surface area (Å²) in [6, 6.07) is 8.21. The van der Waals surface area contributed by atoms with Crippen molar-refractivity contribution >= 4 is 62.6 Å². The Bertz CT molecular complexity index is 1300.